The molecule has 3 heteroatoms. The highest BCUT2D eigenvalue weighted by atomic mass is 16.5. The van der Waals surface area contributed by atoms with Gasteiger partial charge in [0, 0.05) is 19.3 Å². The van der Waals surface area contributed by atoms with Gasteiger partial charge in [0.05, 0.1) is 0 Å². The van der Waals surface area contributed by atoms with Gasteiger partial charge in [0.1, 0.15) is 11.9 Å². The second-order valence-electron chi connectivity index (χ2n) is 7.07. The number of carbonyl (C=O) groups is 2. The number of Topliss-reactive ketones (excluding diaryl/α,β-unsaturated/α-hetero) is 1. The third kappa shape index (κ3) is 2.55. The lowest BCUT2D eigenvalue weighted by molar-refractivity contribution is -0.146. The molecule has 0 heterocycles. The Morgan fingerprint density at radius 3 is 2.65 bits per heavy atom. The first-order valence-corrected chi connectivity index (χ1v) is 7.63. The van der Waals surface area contributed by atoms with E-state index in [1.54, 1.807) is 0 Å². The van der Waals surface area contributed by atoms with E-state index in [1.807, 2.05) is 0 Å². The Morgan fingerprint density at radius 2 is 2.10 bits per heavy atom. The number of hydrogen-bond acceptors (Lipinski definition) is 3. The molecule has 2 fully saturated rings. The smallest absolute Gasteiger partial charge is 0.303 e. The summed E-state index contributed by atoms with van der Waals surface area (Å²) in [6, 6.07) is 0. The zero-order valence-electron chi connectivity index (χ0n) is 13.1. The van der Waals surface area contributed by atoms with Crippen LogP contribution in [0.15, 0.2) is 12.2 Å². The van der Waals surface area contributed by atoms with Crippen molar-refractivity contribution in [2.75, 3.05) is 0 Å². The van der Waals surface area contributed by atoms with Gasteiger partial charge in [0.2, 0.25) is 0 Å². The Morgan fingerprint density at radius 1 is 1.45 bits per heavy atom. The van der Waals surface area contributed by atoms with E-state index in [4.69, 9.17) is 4.74 Å². The maximum Gasteiger partial charge on any atom is 0.303 e. The summed E-state index contributed by atoms with van der Waals surface area (Å²) >= 11 is 0. The number of fused-ring (bicyclic) bond motifs is 1. The Balaban J connectivity index is 2.28. The summed E-state index contributed by atoms with van der Waals surface area (Å²) in [5.74, 6) is 1.01. The summed E-state index contributed by atoms with van der Waals surface area (Å²) in [5, 5.41) is 0. The Bertz CT molecular complexity index is 438. The van der Waals surface area contributed by atoms with Gasteiger partial charge in [-0.25, -0.2) is 0 Å². The molecular weight excluding hydrogens is 252 g/mol. The quantitative estimate of drug-likeness (QED) is 0.573. The molecule has 0 aromatic heterocycles. The van der Waals surface area contributed by atoms with E-state index in [0.717, 1.165) is 18.4 Å². The van der Waals surface area contributed by atoms with Crippen LogP contribution in [0.4, 0.5) is 0 Å². The second-order valence-corrected chi connectivity index (χ2v) is 7.07. The van der Waals surface area contributed by atoms with Gasteiger partial charge in [-0.05, 0) is 42.1 Å². The van der Waals surface area contributed by atoms with Gasteiger partial charge in [-0.3, -0.25) is 9.59 Å². The van der Waals surface area contributed by atoms with Crippen LogP contribution in [0.3, 0.4) is 0 Å². The van der Waals surface area contributed by atoms with E-state index >= 15 is 0 Å². The van der Waals surface area contributed by atoms with E-state index in [-0.39, 0.29) is 23.4 Å². The number of carbonyl (C=O) groups excluding carboxylic acids is 2. The first kappa shape index (κ1) is 15.3. The summed E-state index contributed by atoms with van der Waals surface area (Å²) in [5.41, 5.74) is 0.995. The Hall–Kier alpha value is -1.12. The van der Waals surface area contributed by atoms with Crippen LogP contribution in [-0.4, -0.2) is 17.9 Å². The van der Waals surface area contributed by atoms with Crippen molar-refractivity contribution in [2.24, 2.45) is 23.2 Å². The first-order chi connectivity index (χ1) is 9.25. The Labute approximate surface area is 121 Å². The Kier molecular flexibility index (Phi) is 4.08. The number of ketones is 1. The molecule has 0 bridgehead atoms. The molecular formula is C17H26O3. The normalized spacial score (nSPS) is 37.8. The molecule has 0 spiro atoms. The molecule has 112 valence electrons. The molecule has 0 saturated heterocycles. The predicted molar refractivity (Wildman–Crippen MR) is 78.1 cm³/mol. The van der Waals surface area contributed by atoms with Crippen LogP contribution >= 0.6 is 0 Å². The van der Waals surface area contributed by atoms with Crippen LogP contribution in [0.25, 0.3) is 0 Å². The maximum atomic E-state index is 12.4. The van der Waals surface area contributed by atoms with Crippen LogP contribution in [0.5, 0.6) is 0 Å². The van der Waals surface area contributed by atoms with Crippen LogP contribution in [-0.2, 0) is 14.3 Å². The highest BCUT2D eigenvalue weighted by molar-refractivity contribution is 5.85. The van der Waals surface area contributed by atoms with Gasteiger partial charge in [-0.2, -0.15) is 0 Å². The van der Waals surface area contributed by atoms with Crippen molar-refractivity contribution in [1.29, 1.82) is 0 Å². The first-order valence-electron chi connectivity index (χ1n) is 7.63. The minimum Gasteiger partial charge on any atom is -0.458 e. The molecule has 20 heavy (non-hydrogen) atoms. The number of hydrogen-bond donors (Lipinski definition) is 0. The fourth-order valence-corrected chi connectivity index (χ4v) is 4.28. The van der Waals surface area contributed by atoms with Crippen LogP contribution in [0, 0.1) is 23.2 Å². The van der Waals surface area contributed by atoms with Crippen LogP contribution in [0.1, 0.15) is 53.4 Å². The molecule has 0 amide bonds. The molecule has 0 radical (unpaired) electrons. The predicted octanol–water partition coefficient (Wildman–Crippen LogP) is 3.53. The fourth-order valence-electron chi connectivity index (χ4n) is 4.28. The topological polar surface area (TPSA) is 43.4 Å². The molecule has 0 aromatic rings. The summed E-state index contributed by atoms with van der Waals surface area (Å²) in [7, 11) is 0. The summed E-state index contributed by atoms with van der Waals surface area (Å²) in [6.07, 6.45) is 2.84. The van der Waals surface area contributed by atoms with Crippen molar-refractivity contribution in [3.63, 3.8) is 0 Å². The van der Waals surface area contributed by atoms with Gasteiger partial charge in [-0.15, -0.1) is 0 Å². The van der Waals surface area contributed by atoms with Crippen molar-refractivity contribution < 1.29 is 14.3 Å². The lowest BCUT2D eigenvalue weighted by atomic mass is 9.67. The monoisotopic (exact) mass is 278 g/mol. The zero-order chi connectivity index (χ0) is 15.1. The molecule has 0 unspecified atom stereocenters. The molecule has 2 aliphatic carbocycles. The van der Waals surface area contributed by atoms with Gasteiger partial charge in [0.25, 0.3) is 0 Å². The highest BCUT2D eigenvalue weighted by Gasteiger charge is 2.54. The number of rotatable bonds is 2. The maximum absolute atomic E-state index is 12.4. The third-order valence-corrected chi connectivity index (χ3v) is 5.46. The average molecular weight is 278 g/mol. The molecule has 2 aliphatic rings. The lowest BCUT2D eigenvalue weighted by Crippen LogP contribution is -2.33. The van der Waals surface area contributed by atoms with Gasteiger partial charge in [-0.1, -0.05) is 27.4 Å². The molecule has 0 N–H and O–H groups in total. The van der Waals surface area contributed by atoms with E-state index in [0.29, 0.717) is 30.5 Å². The molecule has 0 aliphatic heterocycles. The largest absolute Gasteiger partial charge is 0.458 e. The third-order valence-electron chi connectivity index (χ3n) is 5.46. The van der Waals surface area contributed by atoms with E-state index < -0.39 is 0 Å². The van der Waals surface area contributed by atoms with Gasteiger partial charge < -0.3 is 4.74 Å². The van der Waals surface area contributed by atoms with E-state index in [1.165, 1.54) is 6.92 Å². The molecule has 4 atom stereocenters. The van der Waals surface area contributed by atoms with Crippen molar-refractivity contribution >= 4 is 11.8 Å². The molecule has 2 saturated carbocycles. The number of ether oxygens (including phenoxy) is 1. The standard InChI is InChI=1S/C17H26O3/c1-10(2)13-8-15(19)14-9-16(20-12(4)18)11(3)6-7-17(13,14)5/h10,13-14,16H,3,6-9H2,1-2,4-5H3/t13-,14-,16+,17-/m1/s1. The van der Waals surface area contributed by atoms with Crippen molar-refractivity contribution in [1.82, 2.24) is 0 Å². The molecule has 2 rings (SSSR count). The fraction of sp³-hybridized carbons (Fsp3) is 0.765. The van der Waals surface area contributed by atoms with Gasteiger partial charge >= 0.3 is 5.97 Å². The SMILES string of the molecule is C=C1CC[C@@]2(C)[C@H](C[C@@H]1OC(C)=O)C(=O)C[C@@H]2C(C)C. The number of esters is 1. The van der Waals surface area contributed by atoms with Crippen molar-refractivity contribution in [3.05, 3.63) is 12.2 Å². The van der Waals surface area contributed by atoms with Crippen molar-refractivity contribution in [3.8, 4) is 0 Å². The second kappa shape index (κ2) is 5.34. The average Bonchev–Trinajstić information content (AvgIpc) is 2.51. The summed E-state index contributed by atoms with van der Waals surface area (Å²) in [6.45, 7) is 12.1. The minimum atomic E-state index is -0.286. The molecule has 3 nitrogen and oxygen atoms in total. The minimum absolute atomic E-state index is 0.0125. The van der Waals surface area contributed by atoms with E-state index in [2.05, 4.69) is 27.4 Å². The molecule has 0 aromatic carbocycles. The highest BCUT2D eigenvalue weighted by Crippen LogP contribution is 2.55. The van der Waals surface area contributed by atoms with E-state index in [9.17, 15) is 9.59 Å². The zero-order valence-corrected chi connectivity index (χ0v) is 13.1. The van der Waals surface area contributed by atoms with Crippen molar-refractivity contribution in [2.45, 2.75) is 59.5 Å². The summed E-state index contributed by atoms with van der Waals surface area (Å²) in [4.78, 5) is 23.7. The lowest BCUT2D eigenvalue weighted by Gasteiger charge is -2.37. The van der Waals surface area contributed by atoms with Crippen LogP contribution in [0.2, 0.25) is 0 Å². The van der Waals surface area contributed by atoms with Crippen LogP contribution < -0.4 is 0 Å². The van der Waals surface area contributed by atoms with Gasteiger partial charge in [0.15, 0.2) is 0 Å². The summed E-state index contributed by atoms with van der Waals surface area (Å²) < 4.78 is 5.39.